The maximum absolute atomic E-state index is 9.41. The molecule has 0 aliphatic rings. The Labute approximate surface area is 393 Å². The minimum absolute atomic E-state index is 0.348. The molecule has 0 amide bonds. The van der Waals surface area contributed by atoms with Crippen LogP contribution >= 0.6 is 0 Å². The fourth-order valence-electron chi connectivity index (χ4n) is 10.4. The van der Waals surface area contributed by atoms with E-state index in [-0.39, 0.29) is 0 Å². The largest absolute Gasteiger partial charge is 0.309 e. The molecule has 0 radical (unpaired) electrons. The molecule has 5 nitrogen and oxygen atoms in total. The fourth-order valence-corrected chi connectivity index (χ4v) is 10.4. The van der Waals surface area contributed by atoms with Crippen LogP contribution < -0.4 is 0 Å². The molecule has 10 aromatic carbocycles. The topological polar surface area (TPSA) is 51.0 Å². The Morgan fingerprint density at radius 2 is 0.662 bits per heavy atom. The van der Waals surface area contributed by atoms with Crippen molar-refractivity contribution < 1.29 is 0 Å². The van der Waals surface area contributed by atoms with Crippen molar-refractivity contribution in [2.75, 3.05) is 0 Å². The molecule has 1 N–H and O–H groups in total. The first kappa shape index (κ1) is 39.3. The molecule has 0 aliphatic carbocycles. The molecular formula is C63H43N5. The van der Waals surface area contributed by atoms with Gasteiger partial charge in [0, 0.05) is 50.1 Å². The van der Waals surface area contributed by atoms with Gasteiger partial charge in [0.15, 0.2) is 0 Å². The third-order valence-corrected chi connectivity index (χ3v) is 13.6. The Bertz CT molecular complexity index is 3820. The summed E-state index contributed by atoms with van der Waals surface area (Å²) >= 11 is 0. The van der Waals surface area contributed by atoms with Crippen LogP contribution in [0.2, 0.25) is 0 Å². The molecule has 0 unspecified atom stereocenters. The lowest BCUT2D eigenvalue weighted by molar-refractivity contribution is 1.13. The maximum Gasteiger partial charge on any atom is 0.0675 e. The molecule has 0 saturated heterocycles. The summed E-state index contributed by atoms with van der Waals surface area (Å²) in [6.45, 7) is 0. The van der Waals surface area contributed by atoms with Gasteiger partial charge in [-0.3, -0.25) is 4.99 Å². The summed E-state index contributed by atoms with van der Waals surface area (Å²) in [7, 11) is 0. The second-order valence-electron chi connectivity index (χ2n) is 17.5. The van der Waals surface area contributed by atoms with Crippen molar-refractivity contribution in [1.82, 2.24) is 13.7 Å². The molecular weight excluding hydrogens is 827 g/mol. The average molecular weight is 870 g/mol. The first-order valence-corrected chi connectivity index (χ1v) is 23.2. The van der Waals surface area contributed by atoms with E-state index in [1.54, 1.807) is 0 Å². The number of para-hydroxylation sites is 6. The number of hydrogen-bond donors (Lipinski definition) is 1. The van der Waals surface area contributed by atoms with Gasteiger partial charge in [0.2, 0.25) is 0 Å². The standard InChI is InChI=1S/C63H43N5/c64-56(44-16-2-1-3-17-44)41-57(45-32-30-42(31-33-45)43-34-36-47(37-35-43)66-58-24-10-4-18-50(58)51-19-5-11-25-59(51)66)65-46-38-48(67-60-26-12-6-20-52(60)53-21-7-13-27-61(53)67)40-49(39-46)68-62-28-14-8-22-54(62)55-23-9-15-29-63(55)68/h1-40,64H,41H2. The quantitative estimate of drug-likeness (QED) is 0.141. The Morgan fingerprint density at radius 3 is 1.06 bits per heavy atom. The van der Waals surface area contributed by atoms with Crippen LogP contribution in [0.4, 0.5) is 5.69 Å². The predicted octanol–water partition coefficient (Wildman–Crippen LogP) is 16.2. The summed E-state index contributed by atoms with van der Waals surface area (Å²) in [5.74, 6) is 0. The number of hydrogen-bond acceptors (Lipinski definition) is 2. The second-order valence-corrected chi connectivity index (χ2v) is 17.5. The monoisotopic (exact) mass is 869 g/mol. The van der Waals surface area contributed by atoms with Crippen molar-refractivity contribution in [3.05, 3.63) is 254 Å². The van der Waals surface area contributed by atoms with Crippen LogP contribution in [0.15, 0.2) is 248 Å². The molecule has 68 heavy (non-hydrogen) atoms. The van der Waals surface area contributed by atoms with Crippen molar-refractivity contribution in [1.29, 1.82) is 5.41 Å². The van der Waals surface area contributed by atoms with Gasteiger partial charge in [-0.2, -0.15) is 0 Å². The lowest BCUT2D eigenvalue weighted by atomic mass is 9.97. The maximum atomic E-state index is 9.41. The Kier molecular flexibility index (Phi) is 9.32. The molecule has 13 rings (SSSR count). The molecule has 0 fully saturated rings. The number of nitrogens with zero attached hydrogens (tertiary/aromatic N) is 4. The number of fused-ring (bicyclic) bond motifs is 9. The number of benzene rings is 10. The van der Waals surface area contributed by atoms with E-state index in [0.29, 0.717) is 12.1 Å². The number of aromatic nitrogens is 3. The van der Waals surface area contributed by atoms with Gasteiger partial charge < -0.3 is 19.1 Å². The summed E-state index contributed by atoms with van der Waals surface area (Å²) in [5, 5.41) is 16.7. The predicted molar refractivity (Wildman–Crippen MR) is 285 cm³/mol. The first-order chi connectivity index (χ1) is 33.6. The highest BCUT2D eigenvalue weighted by atomic mass is 15.0. The van der Waals surface area contributed by atoms with Crippen molar-refractivity contribution >= 4 is 82.5 Å². The van der Waals surface area contributed by atoms with Crippen molar-refractivity contribution in [3.63, 3.8) is 0 Å². The third-order valence-electron chi connectivity index (χ3n) is 13.6. The van der Waals surface area contributed by atoms with Gasteiger partial charge in [-0.05, 0) is 89.0 Å². The molecule has 0 saturated carbocycles. The normalized spacial score (nSPS) is 12.0. The Morgan fingerprint density at radius 1 is 0.324 bits per heavy atom. The van der Waals surface area contributed by atoms with E-state index in [9.17, 15) is 5.41 Å². The molecule has 3 heterocycles. The third kappa shape index (κ3) is 6.55. The van der Waals surface area contributed by atoms with Crippen molar-refractivity contribution in [2.45, 2.75) is 6.42 Å². The van der Waals surface area contributed by atoms with Crippen LogP contribution in [-0.4, -0.2) is 25.1 Å². The van der Waals surface area contributed by atoms with E-state index in [0.717, 1.165) is 72.8 Å². The minimum Gasteiger partial charge on any atom is -0.309 e. The average Bonchev–Trinajstić information content (AvgIpc) is 4.05. The zero-order valence-electron chi connectivity index (χ0n) is 37.1. The van der Waals surface area contributed by atoms with Crippen LogP contribution in [0.3, 0.4) is 0 Å². The van der Waals surface area contributed by atoms with Gasteiger partial charge in [-0.1, -0.05) is 176 Å². The molecule has 0 spiro atoms. The van der Waals surface area contributed by atoms with Gasteiger partial charge in [-0.25, -0.2) is 0 Å². The summed E-state index contributed by atoms with van der Waals surface area (Å²) in [5.41, 5.74) is 16.3. The molecule has 0 atom stereocenters. The van der Waals surface area contributed by atoms with Crippen LogP contribution in [0.5, 0.6) is 0 Å². The summed E-state index contributed by atoms with van der Waals surface area (Å²) < 4.78 is 7.09. The lowest BCUT2D eigenvalue weighted by Gasteiger charge is -2.16. The van der Waals surface area contributed by atoms with E-state index in [1.165, 1.54) is 43.4 Å². The molecule has 320 valence electrons. The van der Waals surface area contributed by atoms with Crippen LogP contribution in [-0.2, 0) is 0 Å². The van der Waals surface area contributed by atoms with E-state index >= 15 is 0 Å². The van der Waals surface area contributed by atoms with Crippen LogP contribution in [0.1, 0.15) is 17.5 Å². The summed E-state index contributed by atoms with van der Waals surface area (Å²) in [6.07, 6.45) is 0.348. The SMILES string of the molecule is N=C(CC(=Nc1cc(-n2c3ccccc3c3ccccc32)cc(-n2c3ccccc3c3ccccc32)c1)c1ccc(-c2ccc(-n3c4ccccc4c4ccccc43)cc2)cc1)c1ccccc1. The second kappa shape index (κ2) is 16.1. The fraction of sp³-hybridized carbons (Fsp3) is 0.0159. The zero-order chi connectivity index (χ0) is 45.1. The van der Waals surface area contributed by atoms with Gasteiger partial charge in [0.25, 0.3) is 0 Å². The van der Waals surface area contributed by atoms with E-state index < -0.39 is 0 Å². The summed E-state index contributed by atoms with van der Waals surface area (Å²) in [6, 6.07) is 86.1. The van der Waals surface area contributed by atoms with Gasteiger partial charge >= 0.3 is 0 Å². The van der Waals surface area contributed by atoms with Crippen LogP contribution in [0.25, 0.3) is 93.6 Å². The van der Waals surface area contributed by atoms with Gasteiger partial charge in [-0.15, -0.1) is 0 Å². The lowest BCUT2D eigenvalue weighted by Crippen LogP contribution is -2.10. The van der Waals surface area contributed by atoms with E-state index in [2.05, 4.69) is 226 Å². The van der Waals surface area contributed by atoms with Crippen molar-refractivity contribution in [2.24, 2.45) is 4.99 Å². The van der Waals surface area contributed by atoms with Crippen molar-refractivity contribution in [3.8, 4) is 28.2 Å². The minimum atomic E-state index is 0.348. The highest BCUT2D eigenvalue weighted by Gasteiger charge is 2.19. The zero-order valence-corrected chi connectivity index (χ0v) is 37.1. The molecule has 5 heteroatoms. The number of nitrogens with one attached hydrogen (secondary N) is 1. The van der Waals surface area contributed by atoms with Gasteiger partial charge in [0.1, 0.15) is 0 Å². The van der Waals surface area contributed by atoms with Crippen LogP contribution in [0, 0.1) is 5.41 Å². The molecule has 0 aliphatic heterocycles. The highest BCUT2D eigenvalue weighted by Crippen LogP contribution is 2.38. The molecule has 13 aromatic rings. The Hall–Kier alpha value is -9.06. The van der Waals surface area contributed by atoms with E-state index in [4.69, 9.17) is 4.99 Å². The first-order valence-electron chi connectivity index (χ1n) is 23.2. The molecule has 3 aromatic heterocycles. The summed E-state index contributed by atoms with van der Waals surface area (Å²) in [4.78, 5) is 5.59. The number of aliphatic imine (C=N–C) groups is 1. The van der Waals surface area contributed by atoms with Gasteiger partial charge in [0.05, 0.1) is 55.9 Å². The van der Waals surface area contributed by atoms with E-state index in [1.807, 2.05) is 30.3 Å². The smallest absolute Gasteiger partial charge is 0.0675 e. The Balaban J connectivity index is 0.960. The number of rotatable bonds is 9. The molecule has 0 bridgehead atoms. The highest BCUT2D eigenvalue weighted by molar-refractivity contribution is 6.18.